The second kappa shape index (κ2) is 14.7. The van der Waals surface area contributed by atoms with Crippen LogP contribution in [0.4, 0.5) is 0 Å². The van der Waals surface area contributed by atoms with Crippen LogP contribution in [0.25, 0.3) is 16.7 Å². The lowest BCUT2D eigenvalue weighted by atomic mass is 9.82. The molecule has 0 aromatic heterocycles. The number of amides is 3. The molecule has 9 rings (SSSR count). The number of carbonyl (C=O) groups is 3. The molecule has 0 saturated heterocycles. The molecule has 3 unspecified atom stereocenters. The predicted octanol–water partition coefficient (Wildman–Crippen LogP) is 8.81. The fourth-order valence-corrected chi connectivity index (χ4v) is 7.16. The van der Waals surface area contributed by atoms with Crippen LogP contribution in [0.1, 0.15) is 118 Å². The summed E-state index contributed by atoms with van der Waals surface area (Å²) in [6, 6.07) is 14.0. The Bertz CT molecular complexity index is 2860. The van der Waals surface area contributed by atoms with E-state index in [9.17, 15) is 14.4 Å². The number of nitrogens with two attached hydrogens (primary N) is 3. The van der Waals surface area contributed by atoms with Crippen LogP contribution in [0.5, 0.6) is 0 Å². The molecular weight excluding hydrogens is 701 g/mol. The molecule has 6 aliphatic rings. The molecule has 0 bridgehead atoms. The van der Waals surface area contributed by atoms with Gasteiger partial charge in [-0.05, 0) is 180 Å². The van der Waals surface area contributed by atoms with Crippen molar-refractivity contribution >= 4 is 69.2 Å². The average Bonchev–Trinajstić information content (AvgIpc) is 3.93. The van der Waals surface area contributed by atoms with Crippen LogP contribution < -0.4 is 17.2 Å². The number of carbonyl (C=O) groups excluding carboxylic acids is 3. The van der Waals surface area contributed by atoms with Gasteiger partial charge < -0.3 is 17.2 Å². The lowest BCUT2D eigenvalue weighted by molar-refractivity contribution is -0.121. The number of fused-ring (bicyclic) bond motifs is 6. The van der Waals surface area contributed by atoms with E-state index in [4.69, 9.17) is 79.4 Å². The summed E-state index contributed by atoms with van der Waals surface area (Å²) in [5.74, 6) is -10.7. The fraction of sp³-hybridized carbons (Fsp3) is 0.357. The molecule has 264 valence electrons. The SMILES string of the molecule is [2H]C1([2H])C2=C(Cc3ccc(Cl)cc32)C(C(N)=O)C([2H])([2H])C1([2H])[2H].[2H]C1([2H])C2=C(Cc3ccc(Cl)cc32)C([2H])(C(N)=O)C([2H])([2H])C1([2H])[2H].[2H]C1([2H])C2=C(Cc3ccc(Cl)cc32)C([2H])(C(N)=O)C([2H])([2H])C1([2H])[2H]. The van der Waals surface area contributed by atoms with Crippen LogP contribution in [-0.2, 0) is 33.6 Å². The lowest BCUT2D eigenvalue weighted by Crippen LogP contribution is -2.27. The van der Waals surface area contributed by atoms with E-state index in [0.717, 1.165) is 0 Å². The molecule has 0 radical (unpaired) electrons. The van der Waals surface area contributed by atoms with Crippen molar-refractivity contribution in [3.05, 3.63) is 120 Å². The Morgan fingerprint density at radius 3 is 1.27 bits per heavy atom. The van der Waals surface area contributed by atoms with Crippen LogP contribution >= 0.6 is 34.8 Å². The zero-order chi connectivity index (χ0) is 54.0. The summed E-state index contributed by atoms with van der Waals surface area (Å²) in [5.41, 5.74) is 18.2. The topological polar surface area (TPSA) is 129 Å². The van der Waals surface area contributed by atoms with Gasteiger partial charge >= 0.3 is 0 Å². The van der Waals surface area contributed by atoms with Crippen molar-refractivity contribution in [2.24, 2.45) is 34.9 Å². The van der Waals surface area contributed by atoms with Gasteiger partial charge in [0.2, 0.25) is 17.7 Å². The molecule has 0 heterocycles. The Balaban J connectivity index is 0.000000157. The van der Waals surface area contributed by atoms with E-state index in [2.05, 4.69) is 0 Å². The molecule has 3 aromatic carbocycles. The Morgan fingerprint density at radius 2 is 0.902 bits per heavy atom. The summed E-state index contributed by atoms with van der Waals surface area (Å²) in [5, 5.41) is 0.947. The first-order chi connectivity index (χ1) is 32.0. The maximum absolute atomic E-state index is 12.0. The molecule has 6 nitrogen and oxygen atoms in total. The minimum Gasteiger partial charge on any atom is -0.369 e. The number of hydrogen-bond donors (Lipinski definition) is 3. The van der Waals surface area contributed by atoms with Crippen molar-refractivity contribution in [3.63, 3.8) is 0 Å². The Kier molecular flexibility index (Phi) is 5.39. The normalized spacial score (nSPS) is 39.9. The van der Waals surface area contributed by atoms with Crippen LogP contribution in [0.2, 0.25) is 15.1 Å². The third-order valence-electron chi connectivity index (χ3n) is 8.95. The van der Waals surface area contributed by atoms with Crippen molar-refractivity contribution < 1.29 is 41.8 Å². The van der Waals surface area contributed by atoms with Gasteiger partial charge in [-0.15, -0.1) is 0 Å². The molecule has 0 aliphatic heterocycles. The van der Waals surface area contributed by atoms with Crippen molar-refractivity contribution in [2.45, 2.75) is 76.6 Å². The number of rotatable bonds is 3. The van der Waals surface area contributed by atoms with Gasteiger partial charge in [0, 0.05) is 42.5 Å². The van der Waals surface area contributed by atoms with Crippen LogP contribution in [0, 0.1) is 17.7 Å². The van der Waals surface area contributed by atoms with Gasteiger partial charge in [0.15, 0.2) is 0 Å². The molecule has 0 saturated carbocycles. The van der Waals surface area contributed by atoms with E-state index < -0.39 is 92.8 Å². The van der Waals surface area contributed by atoms with Crippen LogP contribution in [0.15, 0.2) is 71.3 Å². The number of primary amides is 3. The third-order valence-corrected chi connectivity index (χ3v) is 9.65. The molecule has 6 aliphatic carbocycles. The summed E-state index contributed by atoms with van der Waals surface area (Å²) in [6.07, 6.45) is -26.4. The minimum absolute atomic E-state index is 0.000995. The van der Waals surface area contributed by atoms with Gasteiger partial charge in [0.1, 0.15) is 0 Å². The van der Waals surface area contributed by atoms with Gasteiger partial charge in [0.25, 0.3) is 0 Å². The highest BCUT2D eigenvalue weighted by atomic mass is 35.5. The van der Waals surface area contributed by atoms with Gasteiger partial charge in [-0.2, -0.15) is 0 Å². The predicted molar refractivity (Wildman–Crippen MR) is 206 cm³/mol. The van der Waals surface area contributed by atoms with Crippen LogP contribution in [-0.4, -0.2) is 17.7 Å². The van der Waals surface area contributed by atoms with Crippen molar-refractivity contribution in [1.29, 1.82) is 0 Å². The zero-order valence-electron chi connectivity index (χ0n) is 46.5. The van der Waals surface area contributed by atoms with E-state index in [1.807, 2.05) is 0 Å². The highest BCUT2D eigenvalue weighted by Gasteiger charge is 2.35. The van der Waals surface area contributed by atoms with E-state index in [-0.39, 0.29) is 52.7 Å². The van der Waals surface area contributed by atoms with E-state index in [1.54, 1.807) is 36.4 Å². The molecule has 9 heteroatoms. The molecule has 3 aromatic rings. The number of halogens is 3. The van der Waals surface area contributed by atoms with E-state index in [1.165, 1.54) is 18.2 Å². The monoisotopic (exact) mass is 761 g/mol. The zero-order valence-corrected chi connectivity index (χ0v) is 28.8. The molecular formula is C42H42Cl3N3O3. The highest BCUT2D eigenvalue weighted by molar-refractivity contribution is 6.31. The summed E-state index contributed by atoms with van der Waals surface area (Å²) in [4.78, 5) is 35.9. The van der Waals surface area contributed by atoms with Gasteiger partial charge in [-0.25, -0.2) is 0 Å². The third kappa shape index (κ3) is 7.03. The Labute approximate surface area is 342 Å². The standard InChI is InChI=1S/3C14H14ClNO/c3*15-9-5-4-8-6-13-10(12(8)7-9)2-1-3-11(13)14(16)17/h3*4-5,7,11H,1-3,6H2,(H2,16,17)/i2*1D2,2D2,3D2,11D;1D2,2D2,3D2. The molecule has 3 atom stereocenters. The summed E-state index contributed by atoms with van der Waals surface area (Å²) in [7, 11) is 0. The largest absolute Gasteiger partial charge is 0.369 e. The van der Waals surface area contributed by atoms with E-state index >= 15 is 0 Å². The van der Waals surface area contributed by atoms with E-state index in [0.29, 0.717) is 48.4 Å². The van der Waals surface area contributed by atoms with Gasteiger partial charge in [-0.3, -0.25) is 14.4 Å². The Morgan fingerprint density at radius 1 is 0.549 bits per heavy atom. The average molecular weight is 763 g/mol. The quantitative estimate of drug-likeness (QED) is 0.247. The van der Waals surface area contributed by atoms with Crippen molar-refractivity contribution in [3.8, 4) is 0 Å². The second-order valence-corrected chi connectivity index (χ2v) is 13.3. The number of allylic oxidation sites excluding steroid dienone is 3. The van der Waals surface area contributed by atoms with Crippen LogP contribution in [0.3, 0.4) is 0 Å². The molecule has 51 heavy (non-hydrogen) atoms. The minimum atomic E-state index is -3.15. The molecule has 0 fully saturated rings. The molecule has 6 N–H and O–H groups in total. The van der Waals surface area contributed by atoms with Gasteiger partial charge in [0.05, 0.1) is 17.7 Å². The first-order valence-electron chi connectivity index (χ1n) is 25.5. The summed E-state index contributed by atoms with van der Waals surface area (Å²) in [6.45, 7) is 0. The fourth-order valence-electron chi connectivity index (χ4n) is 6.65. The van der Waals surface area contributed by atoms with Crippen molar-refractivity contribution in [2.75, 3.05) is 0 Å². The summed E-state index contributed by atoms with van der Waals surface area (Å²) < 4.78 is 163. The number of hydrogen-bond acceptors (Lipinski definition) is 3. The maximum Gasteiger partial charge on any atom is 0.224 e. The second-order valence-electron chi connectivity index (χ2n) is 12.0. The smallest absolute Gasteiger partial charge is 0.224 e. The summed E-state index contributed by atoms with van der Waals surface area (Å²) >= 11 is 17.9. The Hall–Kier alpha value is -3.84. The lowest BCUT2D eigenvalue weighted by Gasteiger charge is -2.22. The molecule has 0 spiro atoms. The maximum atomic E-state index is 12.0. The molecule has 3 amide bonds. The first kappa shape index (κ1) is 18.8. The van der Waals surface area contributed by atoms with Crippen molar-refractivity contribution in [1.82, 2.24) is 0 Å². The first-order valence-corrected chi connectivity index (χ1v) is 16.6. The highest BCUT2D eigenvalue weighted by Crippen LogP contribution is 2.47. The number of benzene rings is 3. The van der Waals surface area contributed by atoms with Gasteiger partial charge in [-0.1, -0.05) is 53.0 Å².